The predicted molar refractivity (Wildman–Crippen MR) is 99.5 cm³/mol. The zero-order valence-electron chi connectivity index (χ0n) is 14.7. The highest BCUT2D eigenvalue weighted by atomic mass is 19.1. The first kappa shape index (κ1) is 19.7. The molecule has 3 aromatic rings. The Morgan fingerprint density at radius 1 is 0.655 bits per heavy atom. The summed E-state index contributed by atoms with van der Waals surface area (Å²) >= 11 is 0. The van der Waals surface area contributed by atoms with Crippen molar-refractivity contribution in [1.82, 2.24) is 0 Å². The molecule has 146 valence electrons. The van der Waals surface area contributed by atoms with Gasteiger partial charge in [-0.3, -0.25) is 9.59 Å². The van der Waals surface area contributed by atoms with Crippen LogP contribution in [-0.2, 0) is 0 Å². The van der Waals surface area contributed by atoms with Gasteiger partial charge in [0, 0.05) is 28.1 Å². The maximum Gasteiger partial charge on any atom is 0.255 e. The Morgan fingerprint density at radius 2 is 1.10 bits per heavy atom. The van der Waals surface area contributed by atoms with Crippen molar-refractivity contribution in [2.75, 3.05) is 10.6 Å². The van der Waals surface area contributed by atoms with Crippen LogP contribution in [0.3, 0.4) is 0 Å². The Labute approximate surface area is 163 Å². The molecule has 2 amide bonds. The minimum Gasteiger partial charge on any atom is -0.545 e. The quantitative estimate of drug-likeness (QED) is 0.694. The second-order valence-corrected chi connectivity index (χ2v) is 6.02. The highest BCUT2D eigenvalue weighted by molar-refractivity contribution is 6.07. The van der Waals surface area contributed by atoms with Crippen molar-refractivity contribution in [2.45, 2.75) is 0 Å². The van der Waals surface area contributed by atoms with Crippen LogP contribution in [0.4, 0.5) is 20.2 Å². The van der Waals surface area contributed by atoms with Crippen LogP contribution < -0.4 is 15.7 Å². The molecule has 2 N–H and O–H groups in total. The molecule has 0 aliphatic carbocycles. The predicted octanol–water partition coefficient (Wildman–Crippen LogP) is 2.83. The van der Waals surface area contributed by atoms with Crippen LogP contribution >= 0.6 is 0 Å². The molecule has 0 radical (unpaired) electrons. The van der Waals surface area contributed by atoms with E-state index >= 15 is 0 Å². The van der Waals surface area contributed by atoms with Gasteiger partial charge < -0.3 is 20.5 Å². The number of nitrogens with one attached hydrogen (secondary N) is 2. The minimum atomic E-state index is -1.53. The third-order valence-corrected chi connectivity index (χ3v) is 3.86. The molecule has 3 aromatic carbocycles. The second kappa shape index (κ2) is 8.30. The number of carboxylic acids is 1. The molecule has 0 unspecified atom stereocenters. The van der Waals surface area contributed by atoms with Crippen LogP contribution in [0, 0.1) is 11.6 Å². The molecule has 3 rings (SSSR count). The Morgan fingerprint density at radius 3 is 1.48 bits per heavy atom. The zero-order chi connectivity index (χ0) is 21.0. The normalized spacial score (nSPS) is 10.3. The van der Waals surface area contributed by atoms with E-state index in [4.69, 9.17) is 0 Å². The Bertz CT molecular complexity index is 1040. The van der Waals surface area contributed by atoms with E-state index in [-0.39, 0.29) is 28.1 Å². The van der Waals surface area contributed by atoms with Gasteiger partial charge in [-0.15, -0.1) is 0 Å². The van der Waals surface area contributed by atoms with Gasteiger partial charge >= 0.3 is 0 Å². The van der Waals surface area contributed by atoms with Crippen molar-refractivity contribution in [1.29, 1.82) is 0 Å². The fraction of sp³-hybridized carbons (Fsp3) is 0. The van der Waals surface area contributed by atoms with Crippen LogP contribution in [0.2, 0.25) is 0 Å². The summed E-state index contributed by atoms with van der Waals surface area (Å²) in [6, 6.07) is 13.4. The van der Waals surface area contributed by atoms with E-state index in [1.165, 1.54) is 42.5 Å². The van der Waals surface area contributed by atoms with Gasteiger partial charge in [0.15, 0.2) is 0 Å². The maximum absolute atomic E-state index is 13.3. The number of benzene rings is 3. The summed E-state index contributed by atoms with van der Waals surface area (Å²) < 4.78 is 26.6. The van der Waals surface area contributed by atoms with E-state index in [1.54, 1.807) is 0 Å². The molecule has 29 heavy (non-hydrogen) atoms. The number of rotatable bonds is 5. The molecule has 0 bridgehead atoms. The standard InChI is InChI=1S/C21H14F2N2O4/c22-15-5-1-3-12(7-15)19(26)24-17-9-14(21(28)29)10-18(11-17)25-20(27)13-4-2-6-16(23)8-13/h1-11H,(H,24,26)(H,25,27)(H,28,29)/p-1. The van der Waals surface area contributed by atoms with Crippen LogP contribution in [-0.4, -0.2) is 17.8 Å². The molecule has 0 heterocycles. The highest BCUT2D eigenvalue weighted by Gasteiger charge is 2.12. The van der Waals surface area contributed by atoms with Crippen molar-refractivity contribution in [3.05, 3.63) is 95.1 Å². The van der Waals surface area contributed by atoms with E-state index in [9.17, 15) is 28.3 Å². The molecular weight excluding hydrogens is 382 g/mol. The van der Waals surface area contributed by atoms with Crippen LogP contribution in [0.5, 0.6) is 0 Å². The molecule has 0 spiro atoms. The molecule has 0 aromatic heterocycles. The number of carbonyl (C=O) groups is 3. The van der Waals surface area contributed by atoms with Gasteiger partial charge in [0.05, 0.1) is 5.97 Å². The number of halogens is 2. The lowest BCUT2D eigenvalue weighted by Gasteiger charge is -2.13. The first-order chi connectivity index (χ1) is 13.8. The number of hydrogen-bond donors (Lipinski definition) is 2. The lowest BCUT2D eigenvalue weighted by Crippen LogP contribution is -2.23. The van der Waals surface area contributed by atoms with E-state index in [0.29, 0.717) is 0 Å². The Kier molecular flexibility index (Phi) is 5.64. The lowest BCUT2D eigenvalue weighted by molar-refractivity contribution is -0.255. The summed E-state index contributed by atoms with van der Waals surface area (Å²) in [7, 11) is 0. The van der Waals surface area contributed by atoms with Gasteiger partial charge in [0.25, 0.3) is 11.8 Å². The number of hydrogen-bond acceptors (Lipinski definition) is 4. The topological polar surface area (TPSA) is 98.3 Å². The molecule has 0 fully saturated rings. The third-order valence-electron chi connectivity index (χ3n) is 3.86. The summed E-state index contributed by atoms with van der Waals surface area (Å²) in [5.41, 5.74) is -0.189. The molecule has 0 atom stereocenters. The number of carboxylic acid groups (broad SMARTS) is 1. The third kappa shape index (κ3) is 5.01. The number of anilines is 2. The van der Waals surface area contributed by atoms with Crippen LogP contribution in [0.1, 0.15) is 31.1 Å². The van der Waals surface area contributed by atoms with Gasteiger partial charge in [-0.2, -0.15) is 0 Å². The summed E-state index contributed by atoms with van der Waals surface area (Å²) in [5, 5.41) is 16.1. The van der Waals surface area contributed by atoms with E-state index < -0.39 is 29.4 Å². The maximum atomic E-state index is 13.3. The number of aromatic carboxylic acids is 1. The van der Waals surface area contributed by atoms with E-state index in [2.05, 4.69) is 10.6 Å². The van der Waals surface area contributed by atoms with Gasteiger partial charge in [-0.1, -0.05) is 12.1 Å². The lowest BCUT2D eigenvalue weighted by atomic mass is 10.1. The SMILES string of the molecule is O=C([O-])c1cc(NC(=O)c2cccc(F)c2)cc(NC(=O)c2cccc(F)c2)c1. The van der Waals surface area contributed by atoms with Crippen LogP contribution in [0.15, 0.2) is 66.7 Å². The minimum absolute atomic E-state index is 0.0224. The summed E-state index contributed by atoms with van der Waals surface area (Å²) in [6.07, 6.45) is 0. The molecule has 0 saturated carbocycles. The van der Waals surface area contributed by atoms with Crippen LogP contribution in [0.25, 0.3) is 0 Å². The van der Waals surface area contributed by atoms with Crippen molar-refractivity contribution >= 4 is 29.2 Å². The average Bonchev–Trinajstić information content (AvgIpc) is 2.67. The average molecular weight is 395 g/mol. The number of amides is 2. The Balaban J connectivity index is 1.87. The Hall–Kier alpha value is -4.07. The monoisotopic (exact) mass is 395 g/mol. The molecular formula is C21H13F2N2O4-. The molecule has 8 heteroatoms. The van der Waals surface area contributed by atoms with E-state index in [0.717, 1.165) is 24.3 Å². The summed E-state index contributed by atoms with van der Waals surface area (Å²) in [4.78, 5) is 35.8. The first-order valence-electron chi connectivity index (χ1n) is 8.32. The summed E-state index contributed by atoms with van der Waals surface area (Å²) in [5.74, 6) is -4.11. The van der Waals surface area contributed by atoms with E-state index in [1.807, 2.05) is 0 Å². The summed E-state index contributed by atoms with van der Waals surface area (Å²) in [6.45, 7) is 0. The van der Waals surface area contributed by atoms with Crippen molar-refractivity contribution in [2.24, 2.45) is 0 Å². The molecule has 0 saturated heterocycles. The second-order valence-electron chi connectivity index (χ2n) is 6.02. The highest BCUT2D eigenvalue weighted by Crippen LogP contribution is 2.21. The molecule has 0 aliphatic heterocycles. The molecule has 6 nitrogen and oxygen atoms in total. The first-order valence-corrected chi connectivity index (χ1v) is 8.32. The van der Waals surface area contributed by atoms with Crippen molar-refractivity contribution in [3.8, 4) is 0 Å². The fourth-order valence-corrected chi connectivity index (χ4v) is 2.56. The van der Waals surface area contributed by atoms with Gasteiger partial charge in [-0.25, -0.2) is 8.78 Å². The van der Waals surface area contributed by atoms with Crippen molar-refractivity contribution in [3.63, 3.8) is 0 Å². The van der Waals surface area contributed by atoms with Gasteiger partial charge in [0.2, 0.25) is 0 Å². The van der Waals surface area contributed by atoms with Gasteiger partial charge in [-0.05, 0) is 54.6 Å². The zero-order valence-corrected chi connectivity index (χ0v) is 14.7. The smallest absolute Gasteiger partial charge is 0.255 e. The van der Waals surface area contributed by atoms with Crippen molar-refractivity contribution < 1.29 is 28.3 Å². The number of carbonyl (C=O) groups excluding carboxylic acids is 3. The largest absolute Gasteiger partial charge is 0.545 e. The molecule has 0 aliphatic rings. The fourth-order valence-electron chi connectivity index (χ4n) is 2.56. The van der Waals surface area contributed by atoms with Gasteiger partial charge in [0.1, 0.15) is 11.6 Å².